The van der Waals surface area contributed by atoms with E-state index in [2.05, 4.69) is 15.3 Å². The topological polar surface area (TPSA) is 73.3 Å². The molecule has 6 heteroatoms. The SMILES string of the molecule is CC[C@H](C)NC(=O)c1ccc(-c2cc(Oc3ccccc3OC)ncn2)cc1. The van der Waals surface area contributed by atoms with Gasteiger partial charge in [0.15, 0.2) is 11.5 Å². The molecule has 3 rings (SSSR count). The number of aromatic nitrogens is 2. The van der Waals surface area contributed by atoms with Crippen LogP contribution in [-0.4, -0.2) is 29.0 Å². The number of benzene rings is 2. The van der Waals surface area contributed by atoms with Gasteiger partial charge in [0, 0.05) is 23.2 Å². The number of amides is 1. The molecular weight excluding hydrogens is 354 g/mol. The molecule has 3 aromatic rings. The Morgan fingerprint density at radius 2 is 1.79 bits per heavy atom. The summed E-state index contributed by atoms with van der Waals surface area (Å²) < 4.78 is 11.1. The summed E-state index contributed by atoms with van der Waals surface area (Å²) in [6.07, 6.45) is 2.34. The van der Waals surface area contributed by atoms with Gasteiger partial charge in [-0.1, -0.05) is 31.2 Å². The van der Waals surface area contributed by atoms with Gasteiger partial charge in [-0.05, 0) is 37.6 Å². The number of rotatable bonds is 7. The van der Waals surface area contributed by atoms with Gasteiger partial charge in [0.2, 0.25) is 5.88 Å². The van der Waals surface area contributed by atoms with Crippen LogP contribution in [0.1, 0.15) is 30.6 Å². The maximum atomic E-state index is 12.2. The number of carbonyl (C=O) groups excluding carboxylic acids is 1. The first-order chi connectivity index (χ1) is 13.6. The van der Waals surface area contributed by atoms with Gasteiger partial charge in [0.05, 0.1) is 12.8 Å². The van der Waals surface area contributed by atoms with Crippen molar-refractivity contribution in [1.29, 1.82) is 0 Å². The van der Waals surface area contributed by atoms with Crippen LogP contribution in [0, 0.1) is 0 Å². The van der Waals surface area contributed by atoms with Crippen LogP contribution in [0.3, 0.4) is 0 Å². The molecular formula is C22H23N3O3. The highest BCUT2D eigenvalue weighted by Crippen LogP contribution is 2.31. The molecule has 2 aromatic carbocycles. The first-order valence-corrected chi connectivity index (χ1v) is 9.15. The first kappa shape index (κ1) is 19.4. The Hall–Kier alpha value is -3.41. The van der Waals surface area contributed by atoms with Crippen LogP contribution in [-0.2, 0) is 0 Å². The van der Waals surface area contributed by atoms with Crippen molar-refractivity contribution in [2.24, 2.45) is 0 Å². The van der Waals surface area contributed by atoms with E-state index >= 15 is 0 Å². The van der Waals surface area contributed by atoms with Crippen LogP contribution in [0.4, 0.5) is 0 Å². The van der Waals surface area contributed by atoms with Crippen molar-refractivity contribution in [3.05, 3.63) is 66.5 Å². The Labute approximate surface area is 164 Å². The van der Waals surface area contributed by atoms with Crippen molar-refractivity contribution in [3.8, 4) is 28.6 Å². The van der Waals surface area contributed by atoms with E-state index in [-0.39, 0.29) is 11.9 Å². The molecule has 6 nitrogen and oxygen atoms in total. The van der Waals surface area contributed by atoms with E-state index in [1.807, 2.05) is 50.2 Å². The lowest BCUT2D eigenvalue weighted by Gasteiger charge is -2.12. The fraction of sp³-hybridized carbons (Fsp3) is 0.227. The summed E-state index contributed by atoms with van der Waals surface area (Å²) in [5.74, 6) is 1.53. The fourth-order valence-electron chi connectivity index (χ4n) is 2.57. The second-order valence-corrected chi connectivity index (χ2v) is 6.35. The molecule has 0 fully saturated rings. The molecule has 1 amide bonds. The number of hydrogen-bond acceptors (Lipinski definition) is 5. The predicted molar refractivity (Wildman–Crippen MR) is 108 cm³/mol. The maximum absolute atomic E-state index is 12.2. The van der Waals surface area contributed by atoms with Crippen LogP contribution < -0.4 is 14.8 Å². The molecule has 0 saturated heterocycles. The lowest BCUT2D eigenvalue weighted by molar-refractivity contribution is 0.0939. The van der Waals surface area contributed by atoms with E-state index in [0.717, 1.165) is 12.0 Å². The van der Waals surface area contributed by atoms with Crippen molar-refractivity contribution in [1.82, 2.24) is 15.3 Å². The number of methoxy groups -OCH3 is 1. The summed E-state index contributed by atoms with van der Waals surface area (Å²) in [6, 6.07) is 16.6. The minimum atomic E-state index is -0.0798. The van der Waals surface area contributed by atoms with Gasteiger partial charge in [0.1, 0.15) is 6.33 Å². The molecule has 1 heterocycles. The van der Waals surface area contributed by atoms with Crippen molar-refractivity contribution in [2.75, 3.05) is 7.11 Å². The Bertz CT molecular complexity index is 942. The molecule has 0 spiro atoms. The van der Waals surface area contributed by atoms with Crippen LogP contribution in [0.2, 0.25) is 0 Å². The van der Waals surface area contributed by atoms with Crippen LogP contribution in [0.5, 0.6) is 17.4 Å². The summed E-state index contributed by atoms with van der Waals surface area (Å²) in [4.78, 5) is 20.7. The number of carbonyl (C=O) groups is 1. The molecule has 0 radical (unpaired) electrons. The molecule has 0 aliphatic heterocycles. The molecule has 1 aromatic heterocycles. The molecule has 0 bridgehead atoms. The zero-order valence-corrected chi connectivity index (χ0v) is 16.2. The fourth-order valence-corrected chi connectivity index (χ4v) is 2.57. The van der Waals surface area contributed by atoms with Crippen LogP contribution >= 0.6 is 0 Å². The standard InChI is InChI=1S/C22H23N3O3/c1-4-15(2)25-22(26)17-11-9-16(10-12-17)18-13-21(24-14-23-18)28-20-8-6-5-7-19(20)27-3/h5-15H,4H2,1-3H3,(H,25,26)/t15-/m0/s1. The molecule has 0 saturated carbocycles. The average Bonchev–Trinajstić information content (AvgIpc) is 2.74. The number of ether oxygens (including phenoxy) is 2. The van der Waals surface area contributed by atoms with Gasteiger partial charge in [-0.3, -0.25) is 4.79 Å². The van der Waals surface area contributed by atoms with Crippen molar-refractivity contribution >= 4 is 5.91 Å². The minimum Gasteiger partial charge on any atom is -0.493 e. The van der Waals surface area contributed by atoms with Gasteiger partial charge >= 0.3 is 0 Å². The second kappa shape index (κ2) is 8.99. The van der Waals surface area contributed by atoms with E-state index in [1.165, 1.54) is 6.33 Å². The zero-order valence-electron chi connectivity index (χ0n) is 16.2. The Balaban J connectivity index is 1.77. The highest BCUT2D eigenvalue weighted by molar-refractivity contribution is 5.94. The monoisotopic (exact) mass is 377 g/mol. The van der Waals surface area contributed by atoms with Crippen molar-refractivity contribution in [2.45, 2.75) is 26.3 Å². The Morgan fingerprint density at radius 1 is 1.07 bits per heavy atom. The van der Waals surface area contributed by atoms with E-state index in [9.17, 15) is 4.79 Å². The summed E-state index contributed by atoms with van der Waals surface area (Å²) >= 11 is 0. The molecule has 28 heavy (non-hydrogen) atoms. The predicted octanol–water partition coefficient (Wildman–Crippen LogP) is 4.47. The lowest BCUT2D eigenvalue weighted by Crippen LogP contribution is -2.31. The highest BCUT2D eigenvalue weighted by Gasteiger charge is 2.10. The molecule has 1 N–H and O–H groups in total. The highest BCUT2D eigenvalue weighted by atomic mass is 16.5. The molecule has 0 aliphatic carbocycles. The third kappa shape index (κ3) is 4.65. The van der Waals surface area contributed by atoms with Gasteiger partial charge in [-0.25, -0.2) is 9.97 Å². The lowest BCUT2D eigenvalue weighted by atomic mass is 10.1. The van der Waals surface area contributed by atoms with Gasteiger partial charge < -0.3 is 14.8 Å². The third-order valence-electron chi connectivity index (χ3n) is 4.36. The van der Waals surface area contributed by atoms with E-state index < -0.39 is 0 Å². The van der Waals surface area contributed by atoms with E-state index in [4.69, 9.17) is 9.47 Å². The Kier molecular flexibility index (Phi) is 6.22. The minimum absolute atomic E-state index is 0.0798. The number of nitrogens with zero attached hydrogens (tertiary/aromatic N) is 2. The summed E-state index contributed by atoms with van der Waals surface area (Å²) in [5.41, 5.74) is 2.18. The third-order valence-corrected chi connectivity index (χ3v) is 4.36. The van der Waals surface area contributed by atoms with E-state index in [0.29, 0.717) is 28.6 Å². The van der Waals surface area contributed by atoms with Gasteiger partial charge in [-0.2, -0.15) is 0 Å². The normalized spacial score (nSPS) is 11.5. The maximum Gasteiger partial charge on any atom is 0.251 e. The van der Waals surface area contributed by atoms with Crippen molar-refractivity contribution < 1.29 is 14.3 Å². The summed E-state index contributed by atoms with van der Waals surface area (Å²) in [5, 5.41) is 2.96. The average molecular weight is 377 g/mol. The Morgan fingerprint density at radius 3 is 2.46 bits per heavy atom. The summed E-state index contributed by atoms with van der Waals surface area (Å²) in [6.45, 7) is 4.02. The molecule has 0 aliphatic rings. The van der Waals surface area contributed by atoms with Gasteiger partial charge in [-0.15, -0.1) is 0 Å². The molecule has 144 valence electrons. The number of nitrogens with one attached hydrogen (secondary N) is 1. The van der Waals surface area contributed by atoms with E-state index in [1.54, 1.807) is 25.3 Å². The first-order valence-electron chi connectivity index (χ1n) is 9.15. The smallest absolute Gasteiger partial charge is 0.251 e. The molecule has 1 atom stereocenters. The number of hydrogen-bond donors (Lipinski definition) is 1. The molecule has 0 unspecified atom stereocenters. The summed E-state index contributed by atoms with van der Waals surface area (Å²) in [7, 11) is 1.59. The number of para-hydroxylation sites is 2. The van der Waals surface area contributed by atoms with Crippen LogP contribution in [0.25, 0.3) is 11.3 Å². The largest absolute Gasteiger partial charge is 0.493 e. The van der Waals surface area contributed by atoms with Gasteiger partial charge in [0.25, 0.3) is 5.91 Å². The van der Waals surface area contributed by atoms with Crippen molar-refractivity contribution in [3.63, 3.8) is 0 Å². The van der Waals surface area contributed by atoms with Crippen LogP contribution in [0.15, 0.2) is 60.9 Å². The quantitative estimate of drug-likeness (QED) is 0.657. The second-order valence-electron chi connectivity index (χ2n) is 6.35. The zero-order chi connectivity index (χ0) is 19.9.